The molecule has 0 bridgehead atoms. The molecule has 21 heavy (non-hydrogen) atoms. The number of hydrogen-bond donors (Lipinski definition) is 0. The summed E-state index contributed by atoms with van der Waals surface area (Å²) in [6.07, 6.45) is 1.80. The van der Waals surface area contributed by atoms with E-state index in [1.54, 1.807) is 4.90 Å². The van der Waals surface area contributed by atoms with Crippen LogP contribution in [-0.4, -0.2) is 42.0 Å². The second kappa shape index (κ2) is 5.43. The third-order valence-corrected chi connectivity index (χ3v) is 4.59. The van der Waals surface area contributed by atoms with E-state index >= 15 is 0 Å². The number of benzene rings is 1. The molecule has 4 nitrogen and oxygen atoms in total. The van der Waals surface area contributed by atoms with Crippen LogP contribution in [0.1, 0.15) is 36.5 Å². The molecule has 2 aliphatic rings. The van der Waals surface area contributed by atoms with Gasteiger partial charge < -0.3 is 9.64 Å². The Bertz CT molecular complexity index is 550. The lowest BCUT2D eigenvalue weighted by atomic mass is 10.0. The topological polar surface area (TPSA) is 32.8 Å². The highest BCUT2D eigenvalue weighted by Crippen LogP contribution is 2.28. The standard InChI is InChI=1S/C17H24N2O2/c1-17(7-4-8-21-17)16(20)19(3)10-13-5-6-14-11-18(2)12-15(14)9-13/h5-6,9H,4,7-8,10-12H2,1-3H3/t17-/m1/s1. The Kier molecular flexibility index (Phi) is 3.76. The summed E-state index contributed by atoms with van der Waals surface area (Å²) < 4.78 is 5.65. The van der Waals surface area contributed by atoms with Gasteiger partial charge in [-0.3, -0.25) is 9.69 Å². The molecule has 0 radical (unpaired) electrons. The Morgan fingerprint density at radius 3 is 2.86 bits per heavy atom. The van der Waals surface area contributed by atoms with Gasteiger partial charge in [-0.1, -0.05) is 18.2 Å². The average Bonchev–Trinajstić information content (AvgIpc) is 3.03. The van der Waals surface area contributed by atoms with Crippen LogP contribution in [0.4, 0.5) is 0 Å². The Hall–Kier alpha value is -1.39. The second-order valence-corrected chi connectivity index (χ2v) is 6.62. The van der Waals surface area contributed by atoms with Crippen molar-refractivity contribution in [3.05, 3.63) is 34.9 Å². The molecule has 0 unspecified atom stereocenters. The van der Waals surface area contributed by atoms with Crippen molar-refractivity contribution in [2.75, 3.05) is 20.7 Å². The highest BCUT2D eigenvalue weighted by Gasteiger charge is 2.39. The molecule has 0 aliphatic carbocycles. The first-order valence-electron chi connectivity index (χ1n) is 7.67. The van der Waals surface area contributed by atoms with Crippen LogP contribution in [0.2, 0.25) is 0 Å². The molecule has 1 aromatic rings. The molecule has 1 fully saturated rings. The molecule has 1 amide bonds. The van der Waals surface area contributed by atoms with Crippen LogP contribution < -0.4 is 0 Å². The van der Waals surface area contributed by atoms with Gasteiger partial charge >= 0.3 is 0 Å². The van der Waals surface area contributed by atoms with Crippen LogP contribution in [0.15, 0.2) is 18.2 Å². The average molecular weight is 288 g/mol. The number of rotatable bonds is 3. The zero-order valence-corrected chi connectivity index (χ0v) is 13.2. The maximum absolute atomic E-state index is 12.5. The number of carbonyl (C=O) groups is 1. The van der Waals surface area contributed by atoms with Crippen molar-refractivity contribution >= 4 is 5.91 Å². The third kappa shape index (κ3) is 2.83. The zero-order chi connectivity index (χ0) is 15.0. The number of amides is 1. The summed E-state index contributed by atoms with van der Waals surface area (Å²) in [7, 11) is 4.00. The number of nitrogens with zero attached hydrogens (tertiary/aromatic N) is 2. The first-order chi connectivity index (χ1) is 9.98. The fourth-order valence-electron chi connectivity index (χ4n) is 3.41. The summed E-state index contributed by atoms with van der Waals surface area (Å²) in [5.41, 5.74) is 3.37. The van der Waals surface area contributed by atoms with Crippen LogP contribution in [0, 0.1) is 0 Å². The molecule has 1 saturated heterocycles. The second-order valence-electron chi connectivity index (χ2n) is 6.62. The monoisotopic (exact) mass is 288 g/mol. The van der Waals surface area contributed by atoms with Crippen molar-refractivity contribution in [2.24, 2.45) is 0 Å². The van der Waals surface area contributed by atoms with Gasteiger partial charge in [0.2, 0.25) is 0 Å². The fraction of sp³-hybridized carbons (Fsp3) is 0.588. The summed E-state index contributed by atoms with van der Waals surface area (Å²) in [5, 5.41) is 0. The largest absolute Gasteiger partial charge is 0.365 e. The molecule has 2 heterocycles. The van der Waals surface area contributed by atoms with E-state index in [4.69, 9.17) is 4.74 Å². The lowest BCUT2D eigenvalue weighted by Crippen LogP contribution is -2.44. The van der Waals surface area contributed by atoms with Gasteiger partial charge in [-0.05, 0) is 43.5 Å². The van der Waals surface area contributed by atoms with E-state index in [-0.39, 0.29) is 5.91 Å². The van der Waals surface area contributed by atoms with Gasteiger partial charge in [0.05, 0.1) is 0 Å². The van der Waals surface area contributed by atoms with E-state index in [1.807, 2.05) is 14.0 Å². The first-order valence-corrected chi connectivity index (χ1v) is 7.67. The molecule has 0 N–H and O–H groups in total. The van der Waals surface area contributed by atoms with Crippen molar-refractivity contribution in [2.45, 2.75) is 45.0 Å². The normalized spacial score (nSPS) is 25.1. The van der Waals surface area contributed by atoms with Gasteiger partial charge in [0.1, 0.15) is 5.60 Å². The summed E-state index contributed by atoms with van der Waals surface area (Å²) in [5.74, 6) is 0.0950. The molecule has 1 aromatic carbocycles. The minimum absolute atomic E-state index is 0.0950. The van der Waals surface area contributed by atoms with Crippen molar-refractivity contribution in [1.29, 1.82) is 0 Å². The van der Waals surface area contributed by atoms with Crippen LogP contribution in [-0.2, 0) is 29.2 Å². The predicted molar refractivity (Wildman–Crippen MR) is 81.7 cm³/mol. The maximum Gasteiger partial charge on any atom is 0.254 e. The summed E-state index contributed by atoms with van der Waals surface area (Å²) >= 11 is 0. The van der Waals surface area contributed by atoms with Crippen LogP contribution in [0.3, 0.4) is 0 Å². The zero-order valence-electron chi connectivity index (χ0n) is 13.2. The molecule has 3 rings (SSSR count). The molecule has 4 heteroatoms. The molecular weight excluding hydrogens is 264 g/mol. The quantitative estimate of drug-likeness (QED) is 0.854. The molecular formula is C17H24N2O2. The maximum atomic E-state index is 12.5. The lowest BCUT2D eigenvalue weighted by Gasteiger charge is -2.28. The first kappa shape index (κ1) is 14.5. The number of carbonyl (C=O) groups excluding carboxylic acids is 1. The number of fused-ring (bicyclic) bond motifs is 1. The molecule has 1 atom stereocenters. The minimum Gasteiger partial charge on any atom is -0.365 e. The highest BCUT2D eigenvalue weighted by molar-refractivity contribution is 5.84. The van der Waals surface area contributed by atoms with Crippen LogP contribution in [0.5, 0.6) is 0 Å². The van der Waals surface area contributed by atoms with Gasteiger partial charge in [0, 0.05) is 33.3 Å². The van der Waals surface area contributed by atoms with E-state index in [0.717, 1.165) is 25.9 Å². The Morgan fingerprint density at radius 2 is 2.14 bits per heavy atom. The SMILES string of the molecule is CN1Cc2ccc(CN(C)C(=O)[C@@]3(C)CCCO3)cc2C1. The van der Waals surface area contributed by atoms with Crippen molar-refractivity contribution in [3.63, 3.8) is 0 Å². The predicted octanol–water partition coefficient (Wildman–Crippen LogP) is 2.16. The fourth-order valence-corrected chi connectivity index (χ4v) is 3.41. The number of hydrogen-bond acceptors (Lipinski definition) is 3. The Labute approximate surface area is 126 Å². The van der Waals surface area contributed by atoms with Gasteiger partial charge in [0.15, 0.2) is 0 Å². The molecule has 2 aliphatic heterocycles. The molecule has 0 spiro atoms. The van der Waals surface area contributed by atoms with Crippen molar-refractivity contribution in [1.82, 2.24) is 9.80 Å². The highest BCUT2D eigenvalue weighted by atomic mass is 16.5. The van der Waals surface area contributed by atoms with E-state index in [9.17, 15) is 4.79 Å². The summed E-state index contributed by atoms with van der Waals surface area (Å²) in [6, 6.07) is 6.57. The summed E-state index contributed by atoms with van der Waals surface area (Å²) in [6.45, 7) is 5.28. The van der Waals surface area contributed by atoms with E-state index < -0.39 is 5.60 Å². The van der Waals surface area contributed by atoms with Gasteiger partial charge in [-0.2, -0.15) is 0 Å². The smallest absolute Gasteiger partial charge is 0.254 e. The van der Waals surface area contributed by atoms with E-state index in [2.05, 4.69) is 30.1 Å². The molecule has 114 valence electrons. The third-order valence-electron chi connectivity index (χ3n) is 4.59. The van der Waals surface area contributed by atoms with Gasteiger partial charge in [-0.15, -0.1) is 0 Å². The molecule has 0 aromatic heterocycles. The van der Waals surface area contributed by atoms with Crippen LogP contribution in [0.25, 0.3) is 0 Å². The number of ether oxygens (including phenoxy) is 1. The van der Waals surface area contributed by atoms with Gasteiger partial charge in [-0.25, -0.2) is 0 Å². The van der Waals surface area contributed by atoms with Crippen LogP contribution >= 0.6 is 0 Å². The van der Waals surface area contributed by atoms with Crippen molar-refractivity contribution < 1.29 is 9.53 Å². The Balaban J connectivity index is 1.69. The van der Waals surface area contributed by atoms with Crippen molar-refractivity contribution in [3.8, 4) is 0 Å². The lowest BCUT2D eigenvalue weighted by molar-refractivity contribution is -0.150. The van der Waals surface area contributed by atoms with E-state index in [0.29, 0.717) is 13.2 Å². The number of likely N-dealkylation sites (N-methyl/N-ethyl adjacent to an activating group) is 1. The summed E-state index contributed by atoms with van der Waals surface area (Å²) in [4.78, 5) is 16.6. The minimum atomic E-state index is -0.619. The molecule has 0 saturated carbocycles. The van der Waals surface area contributed by atoms with E-state index in [1.165, 1.54) is 16.7 Å². The van der Waals surface area contributed by atoms with Gasteiger partial charge in [0.25, 0.3) is 5.91 Å². The Morgan fingerprint density at radius 1 is 1.38 bits per heavy atom.